The molecule has 0 fully saturated rings. The Kier molecular flexibility index (Phi) is 5.19. The summed E-state index contributed by atoms with van der Waals surface area (Å²) in [6, 6.07) is 7.44. The van der Waals surface area contributed by atoms with E-state index in [9.17, 15) is 4.79 Å². The Morgan fingerprint density at radius 3 is 2.84 bits per heavy atom. The van der Waals surface area contributed by atoms with E-state index in [2.05, 4.69) is 10.3 Å². The van der Waals surface area contributed by atoms with Gasteiger partial charge in [0.05, 0.1) is 18.0 Å². The third-order valence-corrected chi connectivity index (χ3v) is 4.02. The molecule has 1 aromatic heterocycles. The number of benzene rings is 1. The lowest BCUT2D eigenvalue weighted by molar-refractivity contribution is -0.120. The number of thiazole rings is 1. The summed E-state index contributed by atoms with van der Waals surface area (Å²) < 4.78 is 0. The second-order valence-corrected chi connectivity index (χ2v) is 5.53. The van der Waals surface area contributed by atoms with Crippen LogP contribution in [0.5, 0.6) is 0 Å². The van der Waals surface area contributed by atoms with Gasteiger partial charge in [0.2, 0.25) is 5.91 Å². The van der Waals surface area contributed by atoms with Gasteiger partial charge in [-0.15, -0.1) is 22.9 Å². The van der Waals surface area contributed by atoms with Crippen molar-refractivity contribution >= 4 is 40.4 Å². The number of carbonyl (C=O) groups excluding carboxylic acids is 1. The Labute approximate surface area is 125 Å². The van der Waals surface area contributed by atoms with Gasteiger partial charge in [-0.05, 0) is 11.6 Å². The zero-order valence-electron chi connectivity index (χ0n) is 10.0. The summed E-state index contributed by atoms with van der Waals surface area (Å²) in [5, 5.41) is 6.12. The summed E-state index contributed by atoms with van der Waals surface area (Å²) in [6.07, 6.45) is 0.270. The number of rotatable bonds is 5. The SMILES string of the molecule is O=C(Cc1nc(CCl)cs1)NCc1ccccc1Cl. The molecule has 0 aliphatic carbocycles. The predicted molar refractivity (Wildman–Crippen MR) is 78.7 cm³/mol. The Balaban J connectivity index is 1.86. The minimum absolute atomic E-state index is 0.0737. The van der Waals surface area contributed by atoms with Crippen LogP contribution < -0.4 is 5.32 Å². The summed E-state index contributed by atoms with van der Waals surface area (Å²) in [5.41, 5.74) is 1.71. The maximum Gasteiger partial charge on any atom is 0.227 e. The lowest BCUT2D eigenvalue weighted by atomic mass is 10.2. The third kappa shape index (κ3) is 4.20. The van der Waals surface area contributed by atoms with Crippen molar-refractivity contribution in [1.29, 1.82) is 0 Å². The highest BCUT2D eigenvalue weighted by atomic mass is 35.5. The number of nitrogens with one attached hydrogen (secondary N) is 1. The molecule has 3 nitrogen and oxygen atoms in total. The van der Waals surface area contributed by atoms with Crippen LogP contribution in [0.4, 0.5) is 0 Å². The van der Waals surface area contributed by atoms with E-state index < -0.39 is 0 Å². The van der Waals surface area contributed by atoms with Gasteiger partial charge in [-0.3, -0.25) is 4.79 Å². The molecule has 1 N–H and O–H groups in total. The molecular formula is C13H12Cl2N2OS. The zero-order valence-corrected chi connectivity index (χ0v) is 12.4. The van der Waals surface area contributed by atoms with Gasteiger partial charge in [-0.1, -0.05) is 29.8 Å². The maximum absolute atomic E-state index is 11.8. The first-order valence-corrected chi connectivity index (χ1v) is 7.47. The molecule has 1 aromatic carbocycles. The molecule has 0 bridgehead atoms. The van der Waals surface area contributed by atoms with Crippen LogP contribution in [0, 0.1) is 0 Å². The van der Waals surface area contributed by atoms with Crippen LogP contribution in [0.1, 0.15) is 16.3 Å². The van der Waals surface area contributed by atoms with E-state index in [-0.39, 0.29) is 12.3 Å². The van der Waals surface area contributed by atoms with E-state index in [1.165, 1.54) is 11.3 Å². The second kappa shape index (κ2) is 6.89. The Bertz CT molecular complexity index is 571. The highest BCUT2D eigenvalue weighted by Gasteiger charge is 2.08. The number of halogens is 2. The van der Waals surface area contributed by atoms with Crippen LogP contribution in [0.25, 0.3) is 0 Å². The Morgan fingerprint density at radius 2 is 2.16 bits per heavy atom. The molecule has 0 saturated heterocycles. The average Bonchev–Trinajstić information content (AvgIpc) is 2.85. The van der Waals surface area contributed by atoms with E-state index in [0.717, 1.165) is 16.3 Å². The van der Waals surface area contributed by atoms with Gasteiger partial charge in [0.1, 0.15) is 5.01 Å². The molecular weight excluding hydrogens is 303 g/mol. The molecule has 0 unspecified atom stereocenters. The monoisotopic (exact) mass is 314 g/mol. The summed E-state index contributed by atoms with van der Waals surface area (Å²) >= 11 is 13.1. The van der Waals surface area contributed by atoms with E-state index in [1.807, 2.05) is 23.6 Å². The van der Waals surface area contributed by atoms with Crippen molar-refractivity contribution < 1.29 is 4.79 Å². The maximum atomic E-state index is 11.8. The van der Waals surface area contributed by atoms with Crippen molar-refractivity contribution in [3.8, 4) is 0 Å². The number of aromatic nitrogens is 1. The largest absolute Gasteiger partial charge is 0.352 e. The van der Waals surface area contributed by atoms with Crippen LogP contribution >= 0.6 is 34.5 Å². The number of carbonyl (C=O) groups is 1. The molecule has 6 heteroatoms. The normalized spacial score (nSPS) is 10.4. The first-order valence-electron chi connectivity index (χ1n) is 5.68. The molecule has 0 saturated carbocycles. The number of amides is 1. The summed E-state index contributed by atoms with van der Waals surface area (Å²) in [4.78, 5) is 16.0. The highest BCUT2D eigenvalue weighted by Crippen LogP contribution is 2.15. The van der Waals surface area contributed by atoms with Crippen molar-refractivity contribution in [2.45, 2.75) is 18.8 Å². The molecule has 0 aliphatic heterocycles. The molecule has 0 radical (unpaired) electrons. The fraction of sp³-hybridized carbons (Fsp3) is 0.231. The van der Waals surface area contributed by atoms with Gasteiger partial charge in [0.25, 0.3) is 0 Å². The fourth-order valence-corrected chi connectivity index (χ4v) is 2.75. The number of nitrogens with zero attached hydrogens (tertiary/aromatic N) is 1. The summed E-state index contributed by atoms with van der Waals surface area (Å²) in [7, 11) is 0. The smallest absolute Gasteiger partial charge is 0.227 e. The van der Waals surface area contributed by atoms with E-state index in [1.54, 1.807) is 6.07 Å². The molecule has 1 heterocycles. The average molecular weight is 315 g/mol. The summed E-state index contributed by atoms with van der Waals surface area (Å²) in [5.74, 6) is 0.299. The summed E-state index contributed by atoms with van der Waals surface area (Å²) in [6.45, 7) is 0.423. The molecule has 1 amide bonds. The predicted octanol–water partition coefficient (Wildman–Crippen LogP) is 3.39. The number of hydrogen-bond donors (Lipinski definition) is 1. The molecule has 19 heavy (non-hydrogen) atoms. The molecule has 0 aliphatic rings. The Morgan fingerprint density at radius 1 is 1.37 bits per heavy atom. The highest BCUT2D eigenvalue weighted by molar-refractivity contribution is 7.09. The van der Waals surface area contributed by atoms with E-state index >= 15 is 0 Å². The van der Waals surface area contributed by atoms with Gasteiger partial charge < -0.3 is 5.32 Å². The molecule has 2 rings (SSSR count). The van der Waals surface area contributed by atoms with Crippen LogP contribution in [0.15, 0.2) is 29.6 Å². The minimum Gasteiger partial charge on any atom is -0.352 e. The second-order valence-electron chi connectivity index (χ2n) is 3.91. The van der Waals surface area contributed by atoms with E-state index in [0.29, 0.717) is 17.4 Å². The standard InChI is InChI=1S/C13H12Cl2N2OS/c14-6-10-8-19-13(17-10)5-12(18)16-7-9-3-1-2-4-11(9)15/h1-4,8H,5-7H2,(H,16,18). The lowest BCUT2D eigenvalue weighted by Gasteiger charge is -2.05. The van der Waals surface area contributed by atoms with Crippen molar-refractivity contribution in [3.63, 3.8) is 0 Å². The van der Waals surface area contributed by atoms with Crippen molar-refractivity contribution in [3.05, 3.63) is 50.9 Å². The molecule has 0 spiro atoms. The van der Waals surface area contributed by atoms with Crippen LogP contribution in [0.2, 0.25) is 5.02 Å². The first kappa shape index (κ1) is 14.3. The van der Waals surface area contributed by atoms with Crippen LogP contribution in [-0.2, 0) is 23.6 Å². The Hall–Kier alpha value is -1.10. The van der Waals surface area contributed by atoms with Gasteiger partial charge in [-0.25, -0.2) is 4.98 Å². The quantitative estimate of drug-likeness (QED) is 0.859. The van der Waals surface area contributed by atoms with Crippen molar-refractivity contribution in [1.82, 2.24) is 10.3 Å². The van der Waals surface area contributed by atoms with Crippen molar-refractivity contribution in [2.24, 2.45) is 0 Å². The number of hydrogen-bond acceptors (Lipinski definition) is 3. The molecule has 0 atom stereocenters. The lowest BCUT2D eigenvalue weighted by Crippen LogP contribution is -2.24. The topological polar surface area (TPSA) is 42.0 Å². The van der Waals surface area contributed by atoms with Gasteiger partial charge in [-0.2, -0.15) is 0 Å². The van der Waals surface area contributed by atoms with Crippen molar-refractivity contribution in [2.75, 3.05) is 0 Å². The van der Waals surface area contributed by atoms with Gasteiger partial charge in [0.15, 0.2) is 0 Å². The van der Waals surface area contributed by atoms with Gasteiger partial charge >= 0.3 is 0 Å². The molecule has 2 aromatic rings. The third-order valence-electron chi connectivity index (χ3n) is 2.48. The molecule has 100 valence electrons. The fourth-order valence-electron chi connectivity index (χ4n) is 1.53. The van der Waals surface area contributed by atoms with E-state index in [4.69, 9.17) is 23.2 Å². The van der Waals surface area contributed by atoms with Crippen LogP contribution in [-0.4, -0.2) is 10.9 Å². The number of alkyl halides is 1. The minimum atomic E-state index is -0.0737. The zero-order chi connectivity index (χ0) is 13.7. The van der Waals surface area contributed by atoms with Gasteiger partial charge in [0, 0.05) is 16.9 Å². The first-order chi connectivity index (χ1) is 9.19. The van der Waals surface area contributed by atoms with Crippen LogP contribution in [0.3, 0.4) is 0 Å².